The zero-order valence-electron chi connectivity index (χ0n) is 8.16. The van der Waals surface area contributed by atoms with E-state index in [1.165, 1.54) is 6.92 Å². The molecular formula is C10H14N2O. The SMILES string of the molecule is CC(=O)Nc1cncc(C(C)C)c1. The smallest absolute Gasteiger partial charge is 0.221 e. The van der Waals surface area contributed by atoms with Crippen molar-refractivity contribution < 1.29 is 4.79 Å². The molecular weight excluding hydrogens is 164 g/mol. The number of hydrogen-bond acceptors (Lipinski definition) is 2. The summed E-state index contributed by atoms with van der Waals surface area (Å²) in [6.07, 6.45) is 3.46. The van der Waals surface area contributed by atoms with E-state index in [1.807, 2.05) is 12.3 Å². The number of nitrogens with zero attached hydrogens (tertiary/aromatic N) is 1. The average molecular weight is 178 g/mol. The summed E-state index contributed by atoms with van der Waals surface area (Å²) in [6, 6.07) is 1.94. The molecule has 0 unspecified atom stereocenters. The first kappa shape index (κ1) is 9.71. The molecule has 0 aromatic carbocycles. The van der Waals surface area contributed by atoms with Gasteiger partial charge in [0.15, 0.2) is 0 Å². The van der Waals surface area contributed by atoms with Crippen molar-refractivity contribution in [2.24, 2.45) is 0 Å². The van der Waals surface area contributed by atoms with Crippen LogP contribution in [0, 0.1) is 0 Å². The number of carbonyl (C=O) groups excluding carboxylic acids is 1. The molecule has 0 saturated heterocycles. The van der Waals surface area contributed by atoms with Gasteiger partial charge in [-0.25, -0.2) is 0 Å². The van der Waals surface area contributed by atoms with E-state index in [0.29, 0.717) is 5.92 Å². The first-order chi connectivity index (χ1) is 6.09. The Bertz CT molecular complexity index is 308. The predicted octanol–water partition coefficient (Wildman–Crippen LogP) is 2.16. The van der Waals surface area contributed by atoms with Crippen LogP contribution in [0.2, 0.25) is 0 Å². The molecule has 3 nitrogen and oxygen atoms in total. The Labute approximate surface area is 78.2 Å². The molecule has 0 aliphatic rings. The predicted molar refractivity (Wildman–Crippen MR) is 52.6 cm³/mol. The Morgan fingerprint density at radius 2 is 2.15 bits per heavy atom. The minimum absolute atomic E-state index is 0.0669. The number of anilines is 1. The average Bonchev–Trinajstić information content (AvgIpc) is 2.03. The molecule has 70 valence electrons. The molecule has 0 bridgehead atoms. The number of carbonyl (C=O) groups is 1. The van der Waals surface area contributed by atoms with Gasteiger partial charge in [0, 0.05) is 13.1 Å². The van der Waals surface area contributed by atoms with E-state index in [-0.39, 0.29) is 5.91 Å². The molecule has 0 fully saturated rings. The van der Waals surface area contributed by atoms with Crippen LogP contribution in [0.5, 0.6) is 0 Å². The number of aromatic nitrogens is 1. The van der Waals surface area contributed by atoms with Crippen LogP contribution in [0.3, 0.4) is 0 Å². The molecule has 0 radical (unpaired) electrons. The minimum atomic E-state index is -0.0669. The van der Waals surface area contributed by atoms with E-state index in [9.17, 15) is 4.79 Å². The van der Waals surface area contributed by atoms with Crippen molar-refractivity contribution in [1.29, 1.82) is 0 Å². The Balaban J connectivity index is 2.85. The number of hydrogen-bond donors (Lipinski definition) is 1. The van der Waals surface area contributed by atoms with Gasteiger partial charge in [-0.3, -0.25) is 9.78 Å². The van der Waals surface area contributed by atoms with Crippen molar-refractivity contribution in [3.05, 3.63) is 24.0 Å². The molecule has 13 heavy (non-hydrogen) atoms. The molecule has 0 saturated carbocycles. The Morgan fingerprint density at radius 1 is 1.46 bits per heavy atom. The second kappa shape index (κ2) is 4.03. The fourth-order valence-electron chi connectivity index (χ4n) is 1.05. The number of rotatable bonds is 2. The molecule has 1 rings (SSSR count). The van der Waals surface area contributed by atoms with Crippen molar-refractivity contribution in [3.63, 3.8) is 0 Å². The van der Waals surface area contributed by atoms with Gasteiger partial charge in [-0.2, -0.15) is 0 Å². The molecule has 3 heteroatoms. The Hall–Kier alpha value is -1.38. The van der Waals surface area contributed by atoms with Crippen LogP contribution in [0.4, 0.5) is 5.69 Å². The van der Waals surface area contributed by atoms with E-state index < -0.39 is 0 Å². The third kappa shape index (κ3) is 2.86. The zero-order chi connectivity index (χ0) is 9.84. The standard InChI is InChI=1S/C10H14N2O/c1-7(2)9-4-10(6-11-5-9)12-8(3)13/h4-7H,1-3H3,(H,12,13). The van der Waals surface area contributed by atoms with Gasteiger partial charge in [0.05, 0.1) is 11.9 Å². The van der Waals surface area contributed by atoms with E-state index in [0.717, 1.165) is 11.3 Å². The van der Waals surface area contributed by atoms with Gasteiger partial charge in [0.25, 0.3) is 0 Å². The summed E-state index contributed by atoms with van der Waals surface area (Å²) in [7, 11) is 0. The molecule has 1 amide bonds. The van der Waals surface area contributed by atoms with Crippen LogP contribution in [0.25, 0.3) is 0 Å². The van der Waals surface area contributed by atoms with Crippen LogP contribution in [0.15, 0.2) is 18.5 Å². The minimum Gasteiger partial charge on any atom is -0.325 e. The second-order valence-electron chi connectivity index (χ2n) is 3.34. The monoisotopic (exact) mass is 178 g/mol. The van der Waals surface area contributed by atoms with Crippen LogP contribution in [-0.4, -0.2) is 10.9 Å². The molecule has 1 heterocycles. The first-order valence-corrected chi connectivity index (χ1v) is 4.32. The van der Waals surface area contributed by atoms with Gasteiger partial charge in [-0.1, -0.05) is 13.8 Å². The van der Waals surface area contributed by atoms with Crippen molar-refractivity contribution in [2.75, 3.05) is 5.32 Å². The highest BCUT2D eigenvalue weighted by molar-refractivity contribution is 5.88. The van der Waals surface area contributed by atoms with E-state index >= 15 is 0 Å². The van der Waals surface area contributed by atoms with Gasteiger partial charge >= 0.3 is 0 Å². The third-order valence-corrected chi connectivity index (χ3v) is 1.75. The largest absolute Gasteiger partial charge is 0.325 e. The van der Waals surface area contributed by atoms with Crippen LogP contribution in [0.1, 0.15) is 32.3 Å². The number of amides is 1. The number of pyridine rings is 1. The summed E-state index contributed by atoms with van der Waals surface area (Å²) >= 11 is 0. The zero-order valence-corrected chi connectivity index (χ0v) is 8.16. The normalized spacial score (nSPS) is 10.2. The lowest BCUT2D eigenvalue weighted by molar-refractivity contribution is -0.114. The fraction of sp³-hybridized carbons (Fsp3) is 0.400. The lowest BCUT2D eigenvalue weighted by Gasteiger charge is -2.07. The molecule has 0 atom stereocenters. The summed E-state index contributed by atoms with van der Waals surface area (Å²) in [4.78, 5) is 14.8. The maximum Gasteiger partial charge on any atom is 0.221 e. The topological polar surface area (TPSA) is 42.0 Å². The second-order valence-corrected chi connectivity index (χ2v) is 3.34. The highest BCUT2D eigenvalue weighted by Gasteiger charge is 2.01. The summed E-state index contributed by atoms with van der Waals surface area (Å²) in [6.45, 7) is 5.67. The number of nitrogens with one attached hydrogen (secondary N) is 1. The molecule has 1 aromatic rings. The lowest BCUT2D eigenvalue weighted by Crippen LogP contribution is -2.06. The summed E-state index contributed by atoms with van der Waals surface area (Å²) in [5, 5.41) is 2.70. The third-order valence-electron chi connectivity index (χ3n) is 1.75. The lowest BCUT2D eigenvalue weighted by atomic mass is 10.1. The molecule has 1 aromatic heterocycles. The molecule has 0 spiro atoms. The van der Waals surface area contributed by atoms with Gasteiger partial charge in [-0.15, -0.1) is 0 Å². The van der Waals surface area contributed by atoms with Crippen molar-refractivity contribution in [3.8, 4) is 0 Å². The molecule has 0 aliphatic carbocycles. The van der Waals surface area contributed by atoms with Crippen LogP contribution in [-0.2, 0) is 4.79 Å². The quantitative estimate of drug-likeness (QED) is 0.754. The highest BCUT2D eigenvalue weighted by Crippen LogP contribution is 2.16. The van der Waals surface area contributed by atoms with Crippen molar-refractivity contribution >= 4 is 11.6 Å². The maximum atomic E-state index is 10.8. The van der Waals surface area contributed by atoms with Crippen LogP contribution < -0.4 is 5.32 Å². The first-order valence-electron chi connectivity index (χ1n) is 4.32. The maximum absolute atomic E-state index is 10.8. The van der Waals surface area contributed by atoms with E-state index in [1.54, 1.807) is 6.20 Å². The van der Waals surface area contributed by atoms with Crippen LogP contribution >= 0.6 is 0 Å². The van der Waals surface area contributed by atoms with E-state index in [4.69, 9.17) is 0 Å². The van der Waals surface area contributed by atoms with Crippen molar-refractivity contribution in [1.82, 2.24) is 4.98 Å². The van der Waals surface area contributed by atoms with Gasteiger partial charge < -0.3 is 5.32 Å². The highest BCUT2D eigenvalue weighted by atomic mass is 16.1. The summed E-state index contributed by atoms with van der Waals surface area (Å²) < 4.78 is 0. The van der Waals surface area contributed by atoms with E-state index in [2.05, 4.69) is 24.1 Å². The Kier molecular flexibility index (Phi) is 3.01. The van der Waals surface area contributed by atoms with Crippen molar-refractivity contribution in [2.45, 2.75) is 26.7 Å². The molecule has 0 aliphatic heterocycles. The molecule has 1 N–H and O–H groups in total. The summed E-state index contributed by atoms with van der Waals surface area (Å²) in [5.41, 5.74) is 1.89. The van der Waals surface area contributed by atoms with Gasteiger partial charge in [-0.05, 0) is 17.5 Å². The summed E-state index contributed by atoms with van der Waals surface area (Å²) in [5.74, 6) is 0.365. The fourth-order valence-corrected chi connectivity index (χ4v) is 1.05. The van der Waals surface area contributed by atoms with Gasteiger partial charge in [0.1, 0.15) is 0 Å². The Morgan fingerprint density at radius 3 is 2.69 bits per heavy atom. The van der Waals surface area contributed by atoms with Gasteiger partial charge in [0.2, 0.25) is 5.91 Å².